The SMILES string of the molecule is O=C(C1CC1)N1CC2NS(=O)(=O)c3ccccc3OC2C1. The molecule has 1 saturated heterocycles. The fraction of sp³-hybridized carbons (Fsp3) is 0.500. The average Bonchev–Trinajstić information content (AvgIpc) is 3.23. The van der Waals surface area contributed by atoms with Crippen LogP contribution in [0.1, 0.15) is 12.8 Å². The van der Waals surface area contributed by atoms with Crippen molar-refractivity contribution in [3.8, 4) is 5.75 Å². The molecule has 2 aliphatic heterocycles. The van der Waals surface area contributed by atoms with Crippen molar-refractivity contribution in [2.24, 2.45) is 5.92 Å². The summed E-state index contributed by atoms with van der Waals surface area (Å²) >= 11 is 0. The molecule has 0 bridgehead atoms. The van der Waals surface area contributed by atoms with Crippen LogP contribution in [0.3, 0.4) is 0 Å². The molecule has 2 unspecified atom stereocenters. The monoisotopic (exact) mass is 308 g/mol. The summed E-state index contributed by atoms with van der Waals surface area (Å²) < 4.78 is 33.3. The number of amides is 1. The standard InChI is InChI=1S/C14H16N2O4S/c17-14(9-5-6-9)16-7-10-12(8-16)20-11-3-1-2-4-13(11)21(18,19)15-10/h1-4,9-10,12,15H,5-8H2. The van der Waals surface area contributed by atoms with Gasteiger partial charge in [-0.25, -0.2) is 13.1 Å². The van der Waals surface area contributed by atoms with Crippen LogP contribution in [0.2, 0.25) is 0 Å². The van der Waals surface area contributed by atoms with Crippen molar-refractivity contribution in [3.63, 3.8) is 0 Å². The third-order valence-electron chi connectivity index (χ3n) is 4.23. The van der Waals surface area contributed by atoms with Gasteiger partial charge in [0.25, 0.3) is 0 Å². The van der Waals surface area contributed by atoms with Crippen LogP contribution >= 0.6 is 0 Å². The summed E-state index contributed by atoms with van der Waals surface area (Å²) in [6.45, 7) is 0.823. The molecule has 0 aromatic heterocycles. The highest BCUT2D eigenvalue weighted by atomic mass is 32.2. The van der Waals surface area contributed by atoms with E-state index in [-0.39, 0.29) is 28.9 Å². The van der Waals surface area contributed by atoms with Gasteiger partial charge in [-0.2, -0.15) is 0 Å². The molecule has 1 aromatic rings. The molecule has 7 heteroatoms. The highest BCUT2D eigenvalue weighted by Gasteiger charge is 2.45. The lowest BCUT2D eigenvalue weighted by molar-refractivity contribution is -0.131. The molecular formula is C14H16N2O4S. The van der Waals surface area contributed by atoms with Gasteiger partial charge in [-0.3, -0.25) is 4.79 Å². The molecule has 1 aromatic carbocycles. The van der Waals surface area contributed by atoms with Crippen LogP contribution in [-0.4, -0.2) is 44.5 Å². The summed E-state index contributed by atoms with van der Waals surface area (Å²) in [5.41, 5.74) is 0. The summed E-state index contributed by atoms with van der Waals surface area (Å²) in [7, 11) is -3.60. The van der Waals surface area contributed by atoms with Crippen molar-refractivity contribution in [1.82, 2.24) is 9.62 Å². The maximum absolute atomic E-state index is 12.4. The molecular weight excluding hydrogens is 292 g/mol. The third kappa shape index (κ3) is 2.20. The lowest BCUT2D eigenvalue weighted by Gasteiger charge is -2.17. The van der Waals surface area contributed by atoms with Crippen molar-refractivity contribution in [1.29, 1.82) is 0 Å². The zero-order valence-electron chi connectivity index (χ0n) is 11.4. The molecule has 6 nitrogen and oxygen atoms in total. The van der Waals surface area contributed by atoms with Gasteiger partial charge in [0.15, 0.2) is 0 Å². The van der Waals surface area contributed by atoms with E-state index in [9.17, 15) is 13.2 Å². The van der Waals surface area contributed by atoms with E-state index >= 15 is 0 Å². The minimum Gasteiger partial charge on any atom is -0.485 e. The fourth-order valence-electron chi connectivity index (χ4n) is 2.97. The van der Waals surface area contributed by atoms with Crippen LogP contribution in [0.5, 0.6) is 5.75 Å². The Hall–Kier alpha value is -1.60. The van der Waals surface area contributed by atoms with Crippen LogP contribution in [0.25, 0.3) is 0 Å². The summed E-state index contributed by atoms with van der Waals surface area (Å²) in [6.07, 6.45) is 1.56. The summed E-state index contributed by atoms with van der Waals surface area (Å²) in [5, 5.41) is 0. The van der Waals surface area contributed by atoms with Crippen molar-refractivity contribution < 1.29 is 17.9 Å². The lowest BCUT2D eigenvalue weighted by Crippen LogP contribution is -2.42. The minimum atomic E-state index is -3.60. The van der Waals surface area contributed by atoms with Gasteiger partial charge < -0.3 is 9.64 Å². The second kappa shape index (κ2) is 4.45. The zero-order valence-corrected chi connectivity index (χ0v) is 12.2. The van der Waals surface area contributed by atoms with E-state index < -0.39 is 10.0 Å². The quantitative estimate of drug-likeness (QED) is 0.812. The van der Waals surface area contributed by atoms with Gasteiger partial charge in [0.05, 0.1) is 12.6 Å². The lowest BCUT2D eigenvalue weighted by atomic mass is 10.2. The van der Waals surface area contributed by atoms with E-state index in [1.807, 2.05) is 0 Å². The zero-order chi connectivity index (χ0) is 14.6. The predicted molar refractivity (Wildman–Crippen MR) is 74.3 cm³/mol. The fourth-order valence-corrected chi connectivity index (χ4v) is 4.36. The second-order valence-corrected chi connectivity index (χ2v) is 7.53. The number of hydrogen-bond donors (Lipinski definition) is 1. The van der Waals surface area contributed by atoms with Gasteiger partial charge >= 0.3 is 0 Å². The first kappa shape index (κ1) is 13.1. The van der Waals surface area contributed by atoms with Gasteiger partial charge in [0.2, 0.25) is 15.9 Å². The van der Waals surface area contributed by atoms with Gasteiger partial charge in [0, 0.05) is 12.5 Å². The van der Waals surface area contributed by atoms with E-state index in [1.54, 1.807) is 23.1 Å². The first-order valence-electron chi connectivity index (χ1n) is 7.11. The first-order valence-corrected chi connectivity index (χ1v) is 8.60. The van der Waals surface area contributed by atoms with Crippen LogP contribution < -0.4 is 9.46 Å². The molecule has 0 spiro atoms. The number of para-hydroxylation sites is 1. The smallest absolute Gasteiger partial charge is 0.244 e. The van der Waals surface area contributed by atoms with Crippen molar-refractivity contribution >= 4 is 15.9 Å². The molecule has 1 amide bonds. The van der Waals surface area contributed by atoms with Gasteiger partial charge in [0.1, 0.15) is 16.7 Å². The molecule has 2 fully saturated rings. The van der Waals surface area contributed by atoms with E-state index in [4.69, 9.17) is 4.74 Å². The summed E-state index contributed by atoms with van der Waals surface area (Å²) in [4.78, 5) is 14.0. The topological polar surface area (TPSA) is 75.7 Å². The molecule has 21 heavy (non-hydrogen) atoms. The highest BCUT2D eigenvalue weighted by molar-refractivity contribution is 7.89. The van der Waals surface area contributed by atoms with E-state index in [0.717, 1.165) is 12.8 Å². The maximum atomic E-state index is 12.4. The van der Waals surface area contributed by atoms with Crippen molar-refractivity contribution in [2.45, 2.75) is 29.9 Å². The average molecular weight is 308 g/mol. The molecule has 1 N–H and O–H groups in total. The number of rotatable bonds is 1. The van der Waals surface area contributed by atoms with E-state index in [1.165, 1.54) is 6.07 Å². The number of sulfonamides is 1. The number of nitrogens with one attached hydrogen (secondary N) is 1. The summed E-state index contributed by atoms with van der Waals surface area (Å²) in [6, 6.07) is 6.22. The van der Waals surface area contributed by atoms with Crippen LogP contribution in [0, 0.1) is 5.92 Å². The molecule has 0 radical (unpaired) electrons. The number of carbonyl (C=O) groups is 1. The number of benzene rings is 1. The number of likely N-dealkylation sites (tertiary alicyclic amines) is 1. The molecule has 1 aliphatic carbocycles. The van der Waals surface area contributed by atoms with E-state index in [0.29, 0.717) is 18.8 Å². The molecule has 4 rings (SSSR count). The Morgan fingerprint density at radius 3 is 2.76 bits per heavy atom. The van der Waals surface area contributed by atoms with E-state index in [2.05, 4.69) is 4.72 Å². The molecule has 2 heterocycles. The molecule has 2 atom stereocenters. The molecule has 3 aliphatic rings. The highest BCUT2D eigenvalue weighted by Crippen LogP contribution is 2.34. The number of fused-ring (bicyclic) bond motifs is 2. The van der Waals surface area contributed by atoms with Crippen LogP contribution in [0.15, 0.2) is 29.2 Å². The van der Waals surface area contributed by atoms with Crippen molar-refractivity contribution in [3.05, 3.63) is 24.3 Å². The first-order chi connectivity index (χ1) is 10.0. The molecule has 1 saturated carbocycles. The Kier molecular flexibility index (Phi) is 2.77. The maximum Gasteiger partial charge on any atom is 0.244 e. The Labute approximate surface area is 123 Å². The number of carbonyl (C=O) groups excluding carboxylic acids is 1. The third-order valence-corrected chi connectivity index (χ3v) is 5.76. The van der Waals surface area contributed by atoms with Gasteiger partial charge in [-0.15, -0.1) is 0 Å². The Morgan fingerprint density at radius 2 is 2.00 bits per heavy atom. The van der Waals surface area contributed by atoms with Gasteiger partial charge in [-0.05, 0) is 25.0 Å². The summed E-state index contributed by atoms with van der Waals surface area (Å²) in [5.74, 6) is 0.619. The van der Waals surface area contributed by atoms with Gasteiger partial charge in [-0.1, -0.05) is 12.1 Å². The predicted octanol–water partition coefficient (Wildman–Crippen LogP) is 0.347. The Morgan fingerprint density at radius 1 is 1.24 bits per heavy atom. The number of ether oxygens (including phenoxy) is 1. The molecule has 112 valence electrons. The normalized spacial score (nSPS) is 30.0. The second-order valence-electron chi connectivity index (χ2n) is 5.85. The Balaban J connectivity index is 1.64. The largest absolute Gasteiger partial charge is 0.485 e. The van der Waals surface area contributed by atoms with Crippen LogP contribution in [0.4, 0.5) is 0 Å². The number of hydrogen-bond acceptors (Lipinski definition) is 4. The van der Waals surface area contributed by atoms with Crippen molar-refractivity contribution in [2.75, 3.05) is 13.1 Å². The van der Waals surface area contributed by atoms with Crippen LogP contribution in [-0.2, 0) is 14.8 Å². The Bertz CT molecular complexity index is 699. The minimum absolute atomic E-state index is 0.124. The number of nitrogens with zero attached hydrogens (tertiary/aromatic N) is 1.